The molecular formula is C29H50O5S. The van der Waals surface area contributed by atoms with Gasteiger partial charge < -0.3 is 8.92 Å². The Morgan fingerprint density at radius 2 is 1.20 bits per heavy atom. The van der Waals surface area contributed by atoms with Crippen LogP contribution in [0.3, 0.4) is 0 Å². The molecule has 0 saturated carbocycles. The maximum Gasteiger partial charge on any atom is 0.327 e. The van der Waals surface area contributed by atoms with Crippen molar-refractivity contribution in [2.75, 3.05) is 19.5 Å². The van der Waals surface area contributed by atoms with Crippen LogP contribution in [-0.2, 0) is 30.3 Å². The Hall–Kier alpha value is -1.40. The van der Waals surface area contributed by atoms with Crippen LogP contribution in [0.4, 0.5) is 0 Å². The van der Waals surface area contributed by atoms with E-state index in [-0.39, 0.29) is 6.61 Å². The second-order valence-electron chi connectivity index (χ2n) is 9.87. The van der Waals surface area contributed by atoms with Crippen molar-refractivity contribution in [2.45, 2.75) is 116 Å². The third-order valence-electron chi connectivity index (χ3n) is 6.35. The normalized spacial score (nSPS) is 12.5. The molecule has 1 aromatic carbocycles. The van der Waals surface area contributed by atoms with Crippen molar-refractivity contribution >= 4 is 16.1 Å². The second kappa shape index (κ2) is 20.8. The molecule has 0 aliphatic carbocycles. The van der Waals surface area contributed by atoms with Gasteiger partial charge in [0.1, 0.15) is 0 Å². The minimum Gasteiger partial charge on any atom is -0.381 e. The molecule has 0 aromatic heterocycles. The number of benzene rings is 1. The highest BCUT2D eigenvalue weighted by Gasteiger charge is 2.24. The minimum atomic E-state index is -3.83. The summed E-state index contributed by atoms with van der Waals surface area (Å²) in [6.45, 7) is 3.02. The Morgan fingerprint density at radius 1 is 0.743 bits per heavy atom. The number of hydrogen-bond donors (Lipinski definition) is 0. The molecule has 1 unspecified atom stereocenters. The smallest absolute Gasteiger partial charge is 0.327 e. The Labute approximate surface area is 215 Å². The number of ether oxygens (including phenoxy) is 1. The van der Waals surface area contributed by atoms with E-state index in [1.807, 2.05) is 30.3 Å². The summed E-state index contributed by atoms with van der Waals surface area (Å²) >= 11 is 0. The van der Waals surface area contributed by atoms with E-state index in [1.165, 1.54) is 89.9 Å². The molecule has 5 nitrogen and oxygen atoms in total. The molecule has 0 fully saturated rings. The number of hydrogen-bond acceptors (Lipinski definition) is 5. The maximum atomic E-state index is 12.3. The van der Waals surface area contributed by atoms with Gasteiger partial charge in [0, 0.05) is 6.61 Å². The lowest BCUT2D eigenvalue weighted by Crippen LogP contribution is -2.27. The fourth-order valence-corrected chi connectivity index (χ4v) is 4.74. The van der Waals surface area contributed by atoms with Crippen molar-refractivity contribution < 1.29 is 22.1 Å². The fraction of sp³-hybridized carbons (Fsp3) is 0.759. The van der Waals surface area contributed by atoms with Gasteiger partial charge in [-0.2, -0.15) is 8.42 Å². The van der Waals surface area contributed by atoms with Crippen LogP contribution in [0, 0.1) is 5.92 Å². The standard InChI is InChI=1S/C29H50O5S/c1-3-4-5-6-7-8-9-10-11-12-13-14-15-16-17-21-24-33-26-28(29(30)34-35(2,31)32)25-27-22-19-18-20-23-27/h18-20,22-23,28H,3-17,21,24-26H2,1-2H3. The number of carbonyl (C=O) groups is 1. The van der Waals surface area contributed by atoms with Gasteiger partial charge in [0.05, 0.1) is 18.8 Å². The molecule has 0 N–H and O–H groups in total. The number of rotatable bonds is 23. The molecule has 0 bridgehead atoms. The Morgan fingerprint density at radius 3 is 1.66 bits per heavy atom. The van der Waals surface area contributed by atoms with Crippen LogP contribution in [0.1, 0.15) is 115 Å². The summed E-state index contributed by atoms with van der Waals surface area (Å²) in [5.74, 6) is -1.38. The van der Waals surface area contributed by atoms with Gasteiger partial charge in [0.2, 0.25) is 0 Å². The van der Waals surface area contributed by atoms with E-state index in [0.29, 0.717) is 13.0 Å². The van der Waals surface area contributed by atoms with Crippen LogP contribution in [0.25, 0.3) is 0 Å². The fourth-order valence-electron chi connectivity index (χ4n) is 4.30. The number of unbranched alkanes of at least 4 members (excludes halogenated alkanes) is 15. The Kier molecular flexibility index (Phi) is 18.8. The molecule has 1 aromatic rings. The third-order valence-corrected chi connectivity index (χ3v) is 6.82. The average molecular weight is 511 g/mol. The first-order valence-electron chi connectivity index (χ1n) is 14.0. The summed E-state index contributed by atoms with van der Waals surface area (Å²) in [7, 11) is -3.83. The van der Waals surface area contributed by atoms with Crippen molar-refractivity contribution in [1.29, 1.82) is 0 Å². The molecule has 6 heteroatoms. The van der Waals surface area contributed by atoms with E-state index in [1.54, 1.807) is 0 Å². The van der Waals surface area contributed by atoms with Crippen molar-refractivity contribution in [3.05, 3.63) is 35.9 Å². The Bertz CT molecular complexity index is 733. The zero-order valence-electron chi connectivity index (χ0n) is 22.3. The van der Waals surface area contributed by atoms with E-state index in [4.69, 9.17) is 4.74 Å². The maximum absolute atomic E-state index is 12.3. The predicted molar refractivity (Wildman–Crippen MR) is 145 cm³/mol. The van der Waals surface area contributed by atoms with Gasteiger partial charge >= 0.3 is 16.1 Å². The van der Waals surface area contributed by atoms with Crippen LogP contribution in [-0.4, -0.2) is 33.9 Å². The van der Waals surface area contributed by atoms with E-state index < -0.39 is 22.0 Å². The molecule has 1 atom stereocenters. The highest BCUT2D eigenvalue weighted by atomic mass is 32.2. The molecule has 0 heterocycles. The predicted octanol–water partition coefficient (Wildman–Crippen LogP) is 7.63. The monoisotopic (exact) mass is 510 g/mol. The van der Waals surface area contributed by atoms with Gasteiger partial charge in [-0.15, -0.1) is 0 Å². The van der Waals surface area contributed by atoms with Crippen molar-refractivity contribution in [3.8, 4) is 0 Å². The van der Waals surface area contributed by atoms with Crippen LogP contribution in [0.15, 0.2) is 30.3 Å². The molecule has 35 heavy (non-hydrogen) atoms. The molecule has 1 rings (SSSR count). The lowest BCUT2D eigenvalue weighted by atomic mass is 10.0. The number of carbonyl (C=O) groups excluding carboxylic acids is 1. The second-order valence-corrected chi connectivity index (χ2v) is 11.4. The van der Waals surface area contributed by atoms with Gasteiger partial charge in [0.25, 0.3) is 0 Å². The van der Waals surface area contributed by atoms with E-state index in [2.05, 4.69) is 11.1 Å². The lowest BCUT2D eigenvalue weighted by Gasteiger charge is -2.15. The van der Waals surface area contributed by atoms with Gasteiger partial charge in [-0.25, -0.2) is 0 Å². The molecular weight excluding hydrogens is 460 g/mol. The van der Waals surface area contributed by atoms with Gasteiger partial charge in [-0.05, 0) is 18.4 Å². The quantitative estimate of drug-likeness (QED) is 0.112. The van der Waals surface area contributed by atoms with E-state index in [9.17, 15) is 13.2 Å². The summed E-state index contributed by atoms with van der Waals surface area (Å²) in [6.07, 6.45) is 22.5. The summed E-state index contributed by atoms with van der Waals surface area (Å²) in [6, 6.07) is 9.52. The van der Waals surface area contributed by atoms with E-state index in [0.717, 1.165) is 24.7 Å². The highest BCUT2D eigenvalue weighted by molar-refractivity contribution is 7.86. The first kappa shape index (κ1) is 31.6. The molecule has 0 aliphatic heterocycles. The summed E-state index contributed by atoms with van der Waals surface area (Å²) in [5.41, 5.74) is 0.953. The first-order chi connectivity index (χ1) is 16.9. The molecule has 0 radical (unpaired) electrons. The van der Waals surface area contributed by atoms with E-state index >= 15 is 0 Å². The van der Waals surface area contributed by atoms with Gasteiger partial charge in [-0.1, -0.05) is 134 Å². The topological polar surface area (TPSA) is 69.7 Å². The van der Waals surface area contributed by atoms with Crippen molar-refractivity contribution in [2.24, 2.45) is 5.92 Å². The Balaban J connectivity index is 2.03. The van der Waals surface area contributed by atoms with Crippen LogP contribution >= 0.6 is 0 Å². The van der Waals surface area contributed by atoms with Crippen LogP contribution in [0.5, 0.6) is 0 Å². The molecule has 0 spiro atoms. The average Bonchev–Trinajstić information content (AvgIpc) is 2.82. The lowest BCUT2D eigenvalue weighted by molar-refractivity contribution is -0.140. The van der Waals surface area contributed by atoms with Crippen molar-refractivity contribution in [1.82, 2.24) is 0 Å². The molecule has 0 amide bonds. The van der Waals surface area contributed by atoms with Crippen LogP contribution in [0.2, 0.25) is 0 Å². The third kappa shape index (κ3) is 19.5. The zero-order chi connectivity index (χ0) is 25.6. The van der Waals surface area contributed by atoms with Gasteiger partial charge in [0.15, 0.2) is 0 Å². The zero-order valence-corrected chi connectivity index (χ0v) is 23.2. The summed E-state index contributed by atoms with van der Waals surface area (Å²) in [4.78, 5) is 12.3. The SMILES string of the molecule is CCCCCCCCCCCCCCCCCCOCC(Cc1ccccc1)C(=O)OS(C)(=O)=O. The molecule has 0 aliphatic rings. The van der Waals surface area contributed by atoms with Crippen LogP contribution < -0.4 is 0 Å². The largest absolute Gasteiger partial charge is 0.381 e. The summed E-state index contributed by atoms with van der Waals surface area (Å²) in [5, 5.41) is 0. The first-order valence-corrected chi connectivity index (χ1v) is 15.8. The minimum absolute atomic E-state index is 0.169. The molecule has 0 saturated heterocycles. The van der Waals surface area contributed by atoms with Crippen molar-refractivity contribution in [3.63, 3.8) is 0 Å². The molecule has 202 valence electrons. The highest BCUT2D eigenvalue weighted by Crippen LogP contribution is 2.15. The summed E-state index contributed by atoms with van der Waals surface area (Å²) < 4.78 is 33.1. The van der Waals surface area contributed by atoms with Gasteiger partial charge in [-0.3, -0.25) is 4.79 Å².